The molecule has 0 spiro atoms. The van der Waals surface area contributed by atoms with Crippen molar-refractivity contribution in [2.75, 3.05) is 11.9 Å². The normalized spacial score (nSPS) is 14.7. The highest BCUT2D eigenvalue weighted by Gasteiger charge is 2.30. The molecule has 1 aliphatic rings. The molecular weight excluding hydrogens is 563 g/mol. The fourth-order valence-electron chi connectivity index (χ4n) is 4.86. The minimum Gasteiger partial charge on any atom is -0.443 e. The number of anilines is 1. The van der Waals surface area contributed by atoms with E-state index in [2.05, 4.69) is 15.4 Å². The van der Waals surface area contributed by atoms with E-state index in [1.165, 1.54) is 24.1 Å². The number of fused-ring (bicyclic) bond motifs is 1. The van der Waals surface area contributed by atoms with Crippen LogP contribution < -0.4 is 10.2 Å². The highest BCUT2D eigenvalue weighted by molar-refractivity contribution is 6.16. The third-order valence-electron chi connectivity index (χ3n) is 7.00. The molecule has 0 aliphatic carbocycles. The number of pyridine rings is 1. The van der Waals surface area contributed by atoms with Gasteiger partial charge in [-0.15, -0.1) is 0 Å². The van der Waals surface area contributed by atoms with Gasteiger partial charge in [0, 0.05) is 37.2 Å². The molecule has 0 bridgehead atoms. The summed E-state index contributed by atoms with van der Waals surface area (Å²) in [6.07, 6.45) is 0.847. The number of aliphatic imine (C=N–C) groups is 1. The molecule has 11 heteroatoms. The molecule has 2 aromatic heterocycles. The summed E-state index contributed by atoms with van der Waals surface area (Å²) < 4.78 is 22.4. The number of halogens is 1. The second-order valence-electron chi connectivity index (χ2n) is 11.3. The maximum atomic E-state index is 15.6. The van der Waals surface area contributed by atoms with E-state index in [-0.39, 0.29) is 34.8 Å². The predicted molar refractivity (Wildman–Crippen MR) is 164 cm³/mol. The molecule has 0 fully saturated rings. The number of Topliss-reactive ketones (excluding diaryl/α,β-unsaturated/α-hetero) is 1. The highest BCUT2D eigenvalue weighted by atomic mass is 19.1. The molecular formula is C33H33FN6O4. The van der Waals surface area contributed by atoms with E-state index in [4.69, 9.17) is 9.73 Å². The Bertz CT molecular complexity index is 1760. The molecule has 3 heterocycles. The van der Waals surface area contributed by atoms with Crippen LogP contribution in [0.25, 0.3) is 11.4 Å². The average Bonchev–Trinajstić information content (AvgIpc) is 3.37. The summed E-state index contributed by atoms with van der Waals surface area (Å²) in [5.74, 6) is -1.72. The average molecular weight is 597 g/mol. The van der Waals surface area contributed by atoms with Crippen LogP contribution in [-0.2, 0) is 22.5 Å². The highest BCUT2D eigenvalue weighted by Crippen LogP contribution is 2.28. The van der Waals surface area contributed by atoms with E-state index in [9.17, 15) is 14.4 Å². The minimum absolute atomic E-state index is 0.0255. The number of nitrogens with one attached hydrogen (secondary N) is 1. The summed E-state index contributed by atoms with van der Waals surface area (Å²) in [5.41, 5.74) is 2.45. The minimum atomic E-state index is -1.19. The lowest BCUT2D eigenvalue weighted by atomic mass is 9.96. The van der Waals surface area contributed by atoms with Crippen molar-refractivity contribution < 1.29 is 23.5 Å². The predicted octanol–water partition coefficient (Wildman–Crippen LogP) is 5.19. The Labute approximate surface area is 254 Å². The molecule has 0 unspecified atom stereocenters. The van der Waals surface area contributed by atoms with Crippen LogP contribution in [0.4, 0.5) is 14.9 Å². The Hall–Kier alpha value is -5.19. The lowest BCUT2D eigenvalue weighted by molar-refractivity contribution is -0.120. The van der Waals surface area contributed by atoms with Gasteiger partial charge in [-0.25, -0.2) is 14.2 Å². The van der Waals surface area contributed by atoms with Crippen LogP contribution in [0.15, 0.2) is 78.0 Å². The van der Waals surface area contributed by atoms with Gasteiger partial charge in [0.2, 0.25) is 0 Å². The lowest BCUT2D eigenvalue weighted by Crippen LogP contribution is -2.40. The van der Waals surface area contributed by atoms with Crippen molar-refractivity contribution in [3.8, 4) is 11.4 Å². The number of carbonyl (C=O) groups is 3. The van der Waals surface area contributed by atoms with Gasteiger partial charge in [0.05, 0.1) is 29.4 Å². The van der Waals surface area contributed by atoms with Crippen molar-refractivity contribution in [3.63, 3.8) is 0 Å². The summed E-state index contributed by atoms with van der Waals surface area (Å²) in [6.45, 7) is 7.30. The van der Waals surface area contributed by atoms with Crippen molar-refractivity contribution in [1.29, 1.82) is 0 Å². The fraction of sp³-hybridized carbons (Fsp3) is 0.273. The third kappa shape index (κ3) is 6.26. The molecule has 1 aliphatic heterocycles. The first kappa shape index (κ1) is 30.3. The van der Waals surface area contributed by atoms with Gasteiger partial charge in [0.1, 0.15) is 17.0 Å². The maximum absolute atomic E-state index is 15.6. The van der Waals surface area contributed by atoms with Crippen LogP contribution in [0.1, 0.15) is 54.7 Å². The number of benzene rings is 2. The van der Waals surface area contributed by atoms with Gasteiger partial charge in [-0.3, -0.25) is 24.2 Å². The molecule has 1 atom stereocenters. The summed E-state index contributed by atoms with van der Waals surface area (Å²) >= 11 is 0. The van der Waals surface area contributed by atoms with Gasteiger partial charge >= 0.3 is 6.09 Å². The summed E-state index contributed by atoms with van der Waals surface area (Å²) in [7, 11) is 1.45. The number of hydrogen-bond donors (Lipinski definition) is 1. The van der Waals surface area contributed by atoms with Crippen molar-refractivity contribution in [3.05, 3.63) is 101 Å². The molecule has 2 amide bonds. The van der Waals surface area contributed by atoms with Gasteiger partial charge < -0.3 is 10.1 Å². The van der Waals surface area contributed by atoms with E-state index in [1.807, 2.05) is 54.6 Å². The first-order valence-electron chi connectivity index (χ1n) is 14.2. The lowest BCUT2D eigenvalue weighted by Gasteiger charge is -2.24. The number of aryl methyl sites for hydroxylation is 1. The summed E-state index contributed by atoms with van der Waals surface area (Å²) in [4.78, 5) is 49.7. The molecule has 10 nitrogen and oxygen atoms in total. The zero-order chi connectivity index (χ0) is 31.6. The van der Waals surface area contributed by atoms with Crippen LogP contribution in [0, 0.1) is 5.82 Å². The van der Waals surface area contributed by atoms with Crippen molar-refractivity contribution in [1.82, 2.24) is 20.1 Å². The number of aromatic nitrogens is 3. The van der Waals surface area contributed by atoms with Crippen molar-refractivity contribution >= 4 is 29.2 Å². The smallest absolute Gasteiger partial charge is 0.414 e. The summed E-state index contributed by atoms with van der Waals surface area (Å²) in [5, 5.41) is 7.01. The first-order valence-corrected chi connectivity index (χ1v) is 14.2. The van der Waals surface area contributed by atoms with E-state index in [1.54, 1.807) is 27.7 Å². The number of carbonyl (C=O) groups excluding carboxylic acids is 3. The second-order valence-corrected chi connectivity index (χ2v) is 11.3. The van der Waals surface area contributed by atoms with Gasteiger partial charge in [0.25, 0.3) is 5.91 Å². The van der Waals surface area contributed by atoms with Gasteiger partial charge in [-0.05, 0) is 33.3 Å². The quantitative estimate of drug-likeness (QED) is 0.327. The Kier molecular flexibility index (Phi) is 8.39. The van der Waals surface area contributed by atoms with E-state index in [0.29, 0.717) is 12.3 Å². The molecule has 1 N–H and O–H groups in total. The van der Waals surface area contributed by atoms with Crippen LogP contribution >= 0.6 is 0 Å². The first-order chi connectivity index (χ1) is 21.0. The van der Waals surface area contributed by atoms with Gasteiger partial charge in [-0.2, -0.15) is 5.10 Å². The molecule has 0 radical (unpaired) electrons. The molecule has 4 aromatic rings. The van der Waals surface area contributed by atoms with Crippen LogP contribution in [0.3, 0.4) is 0 Å². The number of ether oxygens (including phenoxy) is 1. The van der Waals surface area contributed by atoms with Crippen LogP contribution in [0.5, 0.6) is 0 Å². The number of amides is 2. The largest absolute Gasteiger partial charge is 0.443 e. The molecule has 0 saturated carbocycles. The molecule has 2 aromatic carbocycles. The Morgan fingerprint density at radius 1 is 1.09 bits per heavy atom. The van der Waals surface area contributed by atoms with Gasteiger partial charge in [0.15, 0.2) is 17.8 Å². The molecule has 5 rings (SSSR count). The molecule has 0 saturated heterocycles. The fourth-order valence-corrected chi connectivity index (χ4v) is 4.86. The Morgan fingerprint density at radius 3 is 2.48 bits per heavy atom. The summed E-state index contributed by atoms with van der Waals surface area (Å²) in [6, 6.07) is 18.1. The van der Waals surface area contributed by atoms with Crippen molar-refractivity contribution in [2.24, 2.45) is 4.99 Å². The monoisotopic (exact) mass is 596 g/mol. The van der Waals surface area contributed by atoms with Gasteiger partial charge in [-0.1, -0.05) is 54.6 Å². The number of hydrogen-bond acceptors (Lipinski definition) is 7. The Balaban J connectivity index is 1.47. The van der Waals surface area contributed by atoms with Crippen molar-refractivity contribution in [2.45, 2.75) is 52.4 Å². The Morgan fingerprint density at radius 2 is 1.80 bits per heavy atom. The van der Waals surface area contributed by atoms with E-state index < -0.39 is 29.6 Å². The topological polar surface area (TPSA) is 119 Å². The number of ketones is 1. The van der Waals surface area contributed by atoms with E-state index in [0.717, 1.165) is 27.7 Å². The maximum Gasteiger partial charge on any atom is 0.414 e. The SMILES string of the molecule is CCn1ncc(C(=O)N[C@H]2N=C(c3ccccc3)c3ccccc3CC2=O)c1-c1ncc(N(C)C(=O)OC(C)(C)C)cc1F. The van der Waals surface area contributed by atoms with E-state index >= 15 is 4.39 Å². The molecule has 226 valence electrons. The number of rotatable bonds is 6. The zero-order valence-electron chi connectivity index (χ0n) is 25.2. The third-order valence-corrected chi connectivity index (χ3v) is 7.00. The zero-order valence-corrected chi connectivity index (χ0v) is 25.2. The second kappa shape index (κ2) is 12.2. The standard InChI is InChI=1S/C33H33FN6O4/c1-6-40-29(28-25(34)17-22(18-35-28)39(5)32(43)44-33(2,3)4)24(19-36-40)31(42)38-30-26(41)16-21-14-10-11-15-23(21)27(37-30)20-12-8-7-9-13-20/h7-15,17-19,30H,6,16H2,1-5H3,(H,38,42)/t30-/m1/s1. The van der Waals surface area contributed by atoms with Crippen LogP contribution in [0.2, 0.25) is 0 Å². The number of nitrogens with zero attached hydrogens (tertiary/aromatic N) is 5. The van der Waals surface area contributed by atoms with Crippen LogP contribution in [-0.4, -0.2) is 57.1 Å². The molecule has 44 heavy (non-hydrogen) atoms.